The minimum absolute atomic E-state index is 0.00625. The maximum absolute atomic E-state index is 13.1. The summed E-state index contributed by atoms with van der Waals surface area (Å²) in [5, 5.41) is 17.8. The third-order valence-electron chi connectivity index (χ3n) is 8.09. The molecule has 0 radical (unpaired) electrons. The molecule has 0 bridgehead atoms. The first-order chi connectivity index (χ1) is 23.0. The zero-order valence-electron chi connectivity index (χ0n) is 25.6. The molecule has 0 aliphatic carbocycles. The molecule has 5 unspecified atom stereocenters. The maximum atomic E-state index is 13.1. The molecule has 2 aliphatic heterocycles. The number of rotatable bonds is 13. The van der Waals surface area contributed by atoms with Crippen molar-refractivity contribution in [3.63, 3.8) is 0 Å². The van der Waals surface area contributed by atoms with Gasteiger partial charge < -0.3 is 29.4 Å². The average Bonchev–Trinajstić information content (AvgIpc) is 3.86. The number of carbonyl (C=O) groups is 2. The van der Waals surface area contributed by atoms with E-state index >= 15 is 0 Å². The summed E-state index contributed by atoms with van der Waals surface area (Å²) in [6.45, 7) is 1.04. The van der Waals surface area contributed by atoms with Gasteiger partial charge in [-0.05, 0) is 36.1 Å². The van der Waals surface area contributed by atoms with Gasteiger partial charge in [0.25, 0.3) is 0 Å². The van der Waals surface area contributed by atoms with Crippen LogP contribution in [-0.4, -0.2) is 76.6 Å². The molecule has 4 heterocycles. The van der Waals surface area contributed by atoms with E-state index in [9.17, 15) is 14.7 Å². The molecule has 12 nitrogen and oxygen atoms in total. The van der Waals surface area contributed by atoms with Gasteiger partial charge in [0.15, 0.2) is 6.29 Å². The van der Waals surface area contributed by atoms with E-state index in [-0.39, 0.29) is 38.5 Å². The fraction of sp³-hybridized carbons (Fsp3) is 0.353. The Balaban J connectivity index is 1.15. The van der Waals surface area contributed by atoms with E-state index in [0.717, 1.165) is 28.8 Å². The topological polar surface area (TPSA) is 144 Å². The van der Waals surface area contributed by atoms with Gasteiger partial charge in [0.2, 0.25) is 0 Å². The first-order valence-corrected chi connectivity index (χ1v) is 16.4. The highest BCUT2D eigenvalue weighted by Gasteiger charge is 2.44. The van der Waals surface area contributed by atoms with Gasteiger partial charge in [-0.2, -0.15) is 0 Å². The van der Waals surface area contributed by atoms with Crippen molar-refractivity contribution in [2.45, 2.75) is 50.5 Å². The molecule has 2 saturated heterocycles. The third kappa shape index (κ3) is 9.11. The Labute approximate surface area is 276 Å². The first kappa shape index (κ1) is 32.5. The molecule has 2 aliphatic rings. The van der Waals surface area contributed by atoms with Gasteiger partial charge in [0, 0.05) is 30.2 Å². The molecule has 6 rings (SSSR count). The number of aliphatic hydroxyl groups excluding tert-OH is 1. The van der Waals surface area contributed by atoms with E-state index in [0.29, 0.717) is 18.7 Å². The van der Waals surface area contributed by atoms with Crippen LogP contribution in [0, 0.1) is 5.92 Å². The van der Waals surface area contributed by atoms with Gasteiger partial charge in [0.1, 0.15) is 12.7 Å². The largest absolute Gasteiger partial charge is 0.443 e. The Morgan fingerprint density at radius 2 is 1.83 bits per heavy atom. The van der Waals surface area contributed by atoms with Crippen LogP contribution in [0.1, 0.15) is 23.2 Å². The van der Waals surface area contributed by atoms with Gasteiger partial charge >= 0.3 is 12.2 Å². The standard InChI is InChI=1S/C34H37N5O7S/c40-30(29(16-23-6-2-1-3-7-23)37-33(41)46-31-20-44-32-27(31)13-15-43-32)18-39(38-34(42)45-19-26-21-47-22-36-26)17-24-9-11-25(12-10-24)28-8-4-5-14-35-28/h1-12,14,21-22,27,29-32,40H,13,15-20H2,(H,37,41)(H,38,42). The van der Waals surface area contributed by atoms with Crippen molar-refractivity contribution in [2.75, 3.05) is 19.8 Å². The highest BCUT2D eigenvalue weighted by atomic mass is 32.1. The van der Waals surface area contributed by atoms with Gasteiger partial charge in [-0.25, -0.2) is 19.6 Å². The number of nitrogens with one attached hydrogen (secondary N) is 2. The second-order valence-electron chi connectivity index (χ2n) is 11.4. The molecule has 13 heteroatoms. The molecule has 5 atom stereocenters. The number of amides is 2. The van der Waals surface area contributed by atoms with E-state index in [1.807, 2.05) is 72.8 Å². The number of nitrogens with zero attached hydrogens (tertiary/aromatic N) is 3. The second kappa shape index (κ2) is 15.9. The van der Waals surface area contributed by atoms with Crippen LogP contribution in [0.15, 0.2) is 89.9 Å². The van der Waals surface area contributed by atoms with Crippen LogP contribution >= 0.6 is 11.3 Å². The molecule has 246 valence electrons. The number of fused-ring (bicyclic) bond motifs is 1. The van der Waals surface area contributed by atoms with E-state index < -0.39 is 30.4 Å². The fourth-order valence-corrected chi connectivity index (χ4v) is 6.21. The van der Waals surface area contributed by atoms with Crippen molar-refractivity contribution >= 4 is 23.5 Å². The Hall–Kier alpha value is -4.40. The minimum atomic E-state index is -1.11. The van der Waals surface area contributed by atoms with Crippen molar-refractivity contribution in [1.29, 1.82) is 0 Å². The van der Waals surface area contributed by atoms with E-state index in [2.05, 4.69) is 20.7 Å². The molecule has 2 aromatic heterocycles. The van der Waals surface area contributed by atoms with Gasteiger partial charge in [-0.1, -0.05) is 60.7 Å². The molecule has 0 spiro atoms. The fourth-order valence-electron chi connectivity index (χ4n) is 5.67. The summed E-state index contributed by atoms with van der Waals surface area (Å²) in [6.07, 6.45) is -0.435. The number of thiazole rings is 1. The van der Waals surface area contributed by atoms with Crippen molar-refractivity contribution in [3.05, 3.63) is 107 Å². The lowest BCUT2D eigenvalue weighted by Gasteiger charge is -2.30. The lowest BCUT2D eigenvalue weighted by Crippen LogP contribution is -2.53. The third-order valence-corrected chi connectivity index (χ3v) is 8.72. The molecule has 2 fully saturated rings. The zero-order valence-corrected chi connectivity index (χ0v) is 26.5. The predicted octanol–water partition coefficient (Wildman–Crippen LogP) is 4.31. The summed E-state index contributed by atoms with van der Waals surface area (Å²) in [5.41, 5.74) is 8.64. The number of carbonyl (C=O) groups excluding carboxylic acids is 2. The van der Waals surface area contributed by atoms with Gasteiger partial charge in [-0.3, -0.25) is 10.4 Å². The number of benzene rings is 2. The molecule has 2 amide bonds. The van der Waals surface area contributed by atoms with Crippen LogP contribution in [0.4, 0.5) is 9.59 Å². The lowest BCUT2D eigenvalue weighted by atomic mass is 10.0. The molecular weight excluding hydrogens is 622 g/mol. The summed E-state index contributed by atoms with van der Waals surface area (Å²) in [6, 6.07) is 22.3. The number of hydrogen-bond acceptors (Lipinski definition) is 11. The molecule has 3 N–H and O–H groups in total. The number of aromatic nitrogens is 2. The van der Waals surface area contributed by atoms with Crippen molar-refractivity contribution in [3.8, 4) is 11.3 Å². The summed E-state index contributed by atoms with van der Waals surface area (Å²) < 4.78 is 22.3. The van der Waals surface area contributed by atoms with Crippen molar-refractivity contribution < 1.29 is 33.6 Å². The number of hydrazine groups is 1. The highest BCUT2D eigenvalue weighted by Crippen LogP contribution is 2.33. The lowest BCUT2D eigenvalue weighted by molar-refractivity contribution is -0.0907. The SMILES string of the molecule is O=C(NN(Cc1ccc(-c2ccccn2)cc1)CC(O)C(Cc1ccccc1)NC(=O)OC1COC2OCCC12)OCc1cscn1. The minimum Gasteiger partial charge on any atom is -0.443 e. The summed E-state index contributed by atoms with van der Waals surface area (Å²) >= 11 is 1.41. The van der Waals surface area contributed by atoms with Crippen molar-refractivity contribution in [2.24, 2.45) is 5.92 Å². The maximum Gasteiger partial charge on any atom is 0.422 e. The number of hydrogen-bond donors (Lipinski definition) is 3. The summed E-state index contributed by atoms with van der Waals surface area (Å²) in [5.74, 6) is -0.0164. The Morgan fingerprint density at radius 3 is 2.60 bits per heavy atom. The second-order valence-corrected chi connectivity index (χ2v) is 12.2. The van der Waals surface area contributed by atoms with Crippen LogP contribution in [0.3, 0.4) is 0 Å². The molecule has 2 aromatic carbocycles. The summed E-state index contributed by atoms with van der Waals surface area (Å²) in [7, 11) is 0. The van der Waals surface area contributed by atoms with E-state index in [1.54, 1.807) is 22.1 Å². The van der Waals surface area contributed by atoms with Gasteiger partial charge in [-0.15, -0.1) is 11.3 Å². The number of alkyl carbamates (subject to hydrolysis) is 1. The predicted molar refractivity (Wildman–Crippen MR) is 173 cm³/mol. The highest BCUT2D eigenvalue weighted by molar-refractivity contribution is 7.07. The number of pyridine rings is 1. The number of aliphatic hydroxyl groups is 1. The smallest absolute Gasteiger partial charge is 0.422 e. The molecule has 0 saturated carbocycles. The first-order valence-electron chi connectivity index (χ1n) is 15.5. The van der Waals surface area contributed by atoms with Crippen LogP contribution < -0.4 is 10.7 Å². The Morgan fingerprint density at radius 1 is 1.00 bits per heavy atom. The zero-order chi connectivity index (χ0) is 32.4. The molecule has 47 heavy (non-hydrogen) atoms. The Bertz CT molecular complexity index is 1560. The molecule has 4 aromatic rings. The quantitative estimate of drug-likeness (QED) is 0.178. The van der Waals surface area contributed by atoms with E-state index in [1.165, 1.54) is 11.3 Å². The molecular formula is C34H37N5O7S. The average molecular weight is 660 g/mol. The summed E-state index contributed by atoms with van der Waals surface area (Å²) in [4.78, 5) is 34.6. The van der Waals surface area contributed by atoms with E-state index in [4.69, 9.17) is 18.9 Å². The Kier molecular flexibility index (Phi) is 11.0. The van der Waals surface area contributed by atoms with Crippen LogP contribution in [0.2, 0.25) is 0 Å². The van der Waals surface area contributed by atoms with Crippen molar-refractivity contribution in [1.82, 2.24) is 25.7 Å². The van der Waals surface area contributed by atoms with Gasteiger partial charge in [0.05, 0.1) is 48.2 Å². The van der Waals surface area contributed by atoms with Crippen LogP contribution in [-0.2, 0) is 38.5 Å². The number of ether oxygens (including phenoxy) is 4. The van der Waals surface area contributed by atoms with Crippen LogP contribution in [0.5, 0.6) is 0 Å². The van der Waals surface area contributed by atoms with Crippen LogP contribution in [0.25, 0.3) is 11.3 Å². The monoisotopic (exact) mass is 659 g/mol. The normalized spacial score (nSPS) is 19.9.